The molecule has 1 aliphatic carbocycles. The van der Waals surface area contributed by atoms with Gasteiger partial charge in [-0.25, -0.2) is 9.59 Å². The van der Waals surface area contributed by atoms with E-state index in [1.807, 2.05) is 6.92 Å². The molecule has 0 aromatic carbocycles. The van der Waals surface area contributed by atoms with Crippen LogP contribution in [0.5, 0.6) is 0 Å². The van der Waals surface area contributed by atoms with Crippen LogP contribution in [0.1, 0.15) is 55.9 Å². The second kappa shape index (κ2) is 9.47. The first-order valence-corrected chi connectivity index (χ1v) is 10.2. The molecule has 4 N–H and O–H groups in total. The summed E-state index contributed by atoms with van der Waals surface area (Å²) in [5, 5.41) is 0. The summed E-state index contributed by atoms with van der Waals surface area (Å²) in [5.74, 6) is -1.28. The number of hydrogen-bond donors (Lipinski definition) is 3. The Morgan fingerprint density at radius 1 is 1.30 bits per heavy atom. The Labute approximate surface area is 173 Å². The van der Waals surface area contributed by atoms with Gasteiger partial charge in [-0.3, -0.25) is 24.0 Å². The van der Waals surface area contributed by atoms with Crippen molar-refractivity contribution in [3.05, 3.63) is 44.9 Å². The topological polar surface area (TPSA) is 143 Å². The Balaban J connectivity index is 1.92. The lowest BCUT2D eigenvalue weighted by Gasteiger charge is -2.29. The molecule has 1 saturated carbocycles. The van der Waals surface area contributed by atoms with Gasteiger partial charge in [-0.15, -0.1) is 0 Å². The number of carbonyl (C=O) groups is 2. The normalized spacial score (nSPS) is 14.0. The van der Waals surface area contributed by atoms with Crippen molar-refractivity contribution in [2.24, 2.45) is 0 Å². The first-order chi connectivity index (χ1) is 14.4. The number of nitrogens with one attached hydrogen (secondary N) is 2. The monoisotopic (exact) mass is 417 g/mol. The van der Waals surface area contributed by atoms with Crippen molar-refractivity contribution in [3.63, 3.8) is 0 Å². The molecule has 1 amide bonds. The van der Waals surface area contributed by atoms with E-state index in [2.05, 4.69) is 9.97 Å². The molecule has 0 unspecified atom stereocenters. The molecule has 3 rings (SSSR count). The predicted octanol–water partition coefficient (Wildman–Crippen LogP) is 1.38. The summed E-state index contributed by atoms with van der Waals surface area (Å²) < 4.78 is 6.40. The number of aromatic amines is 2. The van der Waals surface area contributed by atoms with Gasteiger partial charge < -0.3 is 15.5 Å². The van der Waals surface area contributed by atoms with Gasteiger partial charge in [-0.2, -0.15) is 0 Å². The minimum absolute atomic E-state index is 0.0480. The summed E-state index contributed by atoms with van der Waals surface area (Å²) in [6, 6.07) is 2.93. The van der Waals surface area contributed by atoms with Crippen LogP contribution in [-0.2, 0) is 16.1 Å². The molecule has 10 heteroatoms. The van der Waals surface area contributed by atoms with E-state index in [0.717, 1.165) is 19.3 Å². The quantitative estimate of drug-likeness (QED) is 0.554. The average Bonchev–Trinajstić information content (AvgIpc) is 3.43. The fraction of sp³-hybridized carbons (Fsp3) is 0.500. The van der Waals surface area contributed by atoms with Crippen molar-refractivity contribution in [2.75, 3.05) is 17.2 Å². The highest BCUT2D eigenvalue weighted by molar-refractivity contribution is 5.98. The summed E-state index contributed by atoms with van der Waals surface area (Å²) in [6.07, 6.45) is 6.31. The standard InChI is InChI=1S/C20H27N5O5/c1-2-3-11-24-17(21)16(18(27)23-20(24)29)25(13-7-4-5-8-13)15(26)12-30-19(28)14-9-6-10-22-14/h6,9-10,13,22H,2-5,7-8,11-12,21H2,1H3,(H,23,27,29). The molecule has 1 fully saturated rings. The summed E-state index contributed by atoms with van der Waals surface area (Å²) in [4.78, 5) is 56.3. The van der Waals surface area contributed by atoms with Gasteiger partial charge in [0.1, 0.15) is 11.5 Å². The van der Waals surface area contributed by atoms with Crippen LogP contribution >= 0.6 is 0 Å². The van der Waals surface area contributed by atoms with Gasteiger partial charge in [0.25, 0.3) is 11.5 Å². The summed E-state index contributed by atoms with van der Waals surface area (Å²) in [5.41, 5.74) is 5.04. The van der Waals surface area contributed by atoms with E-state index in [9.17, 15) is 19.2 Å². The fourth-order valence-corrected chi connectivity index (χ4v) is 3.75. The van der Waals surface area contributed by atoms with Gasteiger partial charge >= 0.3 is 11.7 Å². The highest BCUT2D eigenvalue weighted by atomic mass is 16.5. The molecule has 10 nitrogen and oxygen atoms in total. The average molecular weight is 417 g/mol. The number of esters is 1. The SMILES string of the molecule is CCCCn1c(N)c(N(C(=O)COC(=O)c2ccc[nH]2)C2CCCC2)c(=O)[nH]c1=O. The molecule has 30 heavy (non-hydrogen) atoms. The molecule has 1 aliphatic rings. The summed E-state index contributed by atoms with van der Waals surface area (Å²) in [7, 11) is 0. The van der Waals surface area contributed by atoms with Crippen molar-refractivity contribution >= 4 is 23.4 Å². The van der Waals surface area contributed by atoms with Crippen LogP contribution in [0.15, 0.2) is 27.9 Å². The lowest BCUT2D eigenvalue weighted by Crippen LogP contribution is -2.47. The van der Waals surface area contributed by atoms with E-state index in [0.29, 0.717) is 25.8 Å². The number of amides is 1. The Morgan fingerprint density at radius 3 is 2.67 bits per heavy atom. The molecule has 2 aromatic rings. The van der Waals surface area contributed by atoms with E-state index in [-0.39, 0.29) is 23.2 Å². The largest absolute Gasteiger partial charge is 0.451 e. The molecule has 162 valence electrons. The molecular formula is C20H27N5O5. The molecule has 0 atom stereocenters. The smallest absolute Gasteiger partial charge is 0.355 e. The van der Waals surface area contributed by atoms with Crippen LogP contribution in [0.4, 0.5) is 11.5 Å². The molecular weight excluding hydrogens is 390 g/mol. The minimum Gasteiger partial charge on any atom is -0.451 e. The maximum Gasteiger partial charge on any atom is 0.355 e. The van der Waals surface area contributed by atoms with Crippen LogP contribution in [0.3, 0.4) is 0 Å². The van der Waals surface area contributed by atoms with Crippen LogP contribution < -0.4 is 21.9 Å². The molecule has 0 bridgehead atoms. The van der Waals surface area contributed by atoms with Crippen LogP contribution in [0.2, 0.25) is 0 Å². The van der Waals surface area contributed by atoms with Crippen LogP contribution in [-0.4, -0.2) is 39.1 Å². The van der Waals surface area contributed by atoms with E-state index in [1.54, 1.807) is 12.3 Å². The maximum absolute atomic E-state index is 13.1. The van der Waals surface area contributed by atoms with Gasteiger partial charge in [0.05, 0.1) is 0 Å². The van der Waals surface area contributed by atoms with Gasteiger partial charge in [0.15, 0.2) is 12.3 Å². The van der Waals surface area contributed by atoms with Crippen LogP contribution in [0, 0.1) is 0 Å². The first-order valence-electron chi connectivity index (χ1n) is 10.2. The lowest BCUT2D eigenvalue weighted by molar-refractivity contribution is -0.122. The van der Waals surface area contributed by atoms with Gasteiger partial charge in [0.2, 0.25) is 0 Å². The number of nitrogens with zero attached hydrogens (tertiary/aromatic N) is 2. The summed E-state index contributed by atoms with van der Waals surface area (Å²) in [6.45, 7) is 1.77. The number of nitrogen functional groups attached to an aromatic ring is 1. The van der Waals surface area contributed by atoms with Crippen molar-refractivity contribution in [1.29, 1.82) is 0 Å². The fourth-order valence-electron chi connectivity index (χ4n) is 3.75. The number of hydrogen-bond acceptors (Lipinski definition) is 6. The highest BCUT2D eigenvalue weighted by Gasteiger charge is 2.33. The molecule has 0 spiro atoms. The molecule has 2 heterocycles. The molecule has 0 aliphatic heterocycles. The molecule has 0 radical (unpaired) electrons. The molecule has 2 aromatic heterocycles. The number of ether oxygens (including phenoxy) is 1. The van der Waals surface area contributed by atoms with Gasteiger partial charge in [0, 0.05) is 18.8 Å². The second-order valence-corrected chi connectivity index (χ2v) is 7.36. The van der Waals surface area contributed by atoms with E-state index < -0.39 is 29.7 Å². The highest BCUT2D eigenvalue weighted by Crippen LogP contribution is 2.29. The van der Waals surface area contributed by atoms with E-state index in [4.69, 9.17) is 10.5 Å². The van der Waals surface area contributed by atoms with Gasteiger partial charge in [-0.05, 0) is 31.4 Å². The van der Waals surface area contributed by atoms with Crippen molar-refractivity contribution < 1.29 is 14.3 Å². The zero-order chi connectivity index (χ0) is 21.7. The van der Waals surface area contributed by atoms with E-state index in [1.165, 1.54) is 15.5 Å². The van der Waals surface area contributed by atoms with Crippen molar-refractivity contribution in [3.8, 4) is 0 Å². The number of anilines is 2. The number of aromatic nitrogens is 3. The Kier molecular flexibility index (Phi) is 6.76. The Bertz CT molecular complexity index is 1000. The zero-order valence-corrected chi connectivity index (χ0v) is 17.0. The zero-order valence-electron chi connectivity index (χ0n) is 17.0. The van der Waals surface area contributed by atoms with E-state index >= 15 is 0 Å². The second-order valence-electron chi connectivity index (χ2n) is 7.36. The lowest BCUT2D eigenvalue weighted by atomic mass is 10.2. The number of nitrogens with two attached hydrogens (primary N) is 1. The van der Waals surface area contributed by atoms with Crippen molar-refractivity contribution in [1.82, 2.24) is 14.5 Å². The van der Waals surface area contributed by atoms with Gasteiger partial charge in [-0.1, -0.05) is 26.2 Å². The Hall–Kier alpha value is -3.30. The third-order valence-electron chi connectivity index (χ3n) is 5.29. The number of rotatable bonds is 8. The van der Waals surface area contributed by atoms with Crippen LogP contribution in [0.25, 0.3) is 0 Å². The predicted molar refractivity (Wildman–Crippen MR) is 111 cm³/mol. The number of H-pyrrole nitrogens is 2. The minimum atomic E-state index is -0.721. The van der Waals surface area contributed by atoms with Crippen molar-refractivity contribution in [2.45, 2.75) is 58.0 Å². The maximum atomic E-state index is 13.1. The number of carbonyl (C=O) groups excluding carboxylic acids is 2. The molecule has 0 saturated heterocycles. The number of unbranched alkanes of at least 4 members (excludes halogenated alkanes) is 1. The first kappa shape index (κ1) is 21.4. The summed E-state index contributed by atoms with van der Waals surface area (Å²) >= 11 is 0. The third kappa shape index (κ3) is 4.47. The Morgan fingerprint density at radius 2 is 2.03 bits per heavy atom. The third-order valence-corrected chi connectivity index (χ3v) is 5.29.